The number of fused-ring (bicyclic) bond motifs is 1. The average Bonchev–Trinajstić information content (AvgIpc) is 3.92. The van der Waals surface area contributed by atoms with Crippen molar-refractivity contribution >= 4 is 33.4 Å². The summed E-state index contributed by atoms with van der Waals surface area (Å²) in [4.78, 5) is 21.6. The molecule has 8 rings (SSSR count). The van der Waals surface area contributed by atoms with Crippen molar-refractivity contribution in [3.05, 3.63) is 177 Å². The lowest BCUT2D eigenvalue weighted by Gasteiger charge is -2.34. The van der Waals surface area contributed by atoms with Crippen molar-refractivity contribution in [3.8, 4) is 33.6 Å². The van der Waals surface area contributed by atoms with E-state index < -0.39 is 5.54 Å². The average molecular weight is 825 g/mol. The minimum absolute atomic E-state index is 0.196. The van der Waals surface area contributed by atoms with Gasteiger partial charge in [0.15, 0.2) is 10.7 Å². The van der Waals surface area contributed by atoms with E-state index in [0.717, 1.165) is 73.2 Å². The summed E-state index contributed by atoms with van der Waals surface area (Å²) in [5.41, 5.74) is 7.82. The maximum absolute atomic E-state index is 13.6. The number of unbranched alkanes of at least 4 members (excludes halogenated alkanes) is 1. The van der Waals surface area contributed by atoms with Gasteiger partial charge in [-0.25, -0.2) is 4.98 Å². The van der Waals surface area contributed by atoms with E-state index in [4.69, 9.17) is 36.4 Å². The van der Waals surface area contributed by atoms with Crippen molar-refractivity contribution in [1.82, 2.24) is 34.7 Å². The summed E-state index contributed by atoms with van der Waals surface area (Å²) in [5, 5.41) is 15.1. The zero-order valence-electron chi connectivity index (χ0n) is 31.2. The lowest BCUT2D eigenvalue weighted by molar-refractivity contribution is 0.0817. The third kappa shape index (κ3) is 6.42. The molecule has 6 aromatic rings. The molecule has 1 aliphatic heterocycles. The summed E-state index contributed by atoms with van der Waals surface area (Å²) in [5.74, 6) is 1.01. The normalized spacial score (nSPS) is 11.7. The van der Waals surface area contributed by atoms with E-state index in [1.165, 1.54) is 4.90 Å². The van der Waals surface area contributed by atoms with E-state index >= 15 is 0 Å². The van der Waals surface area contributed by atoms with E-state index in [1.54, 1.807) is 31.4 Å². The van der Waals surface area contributed by atoms with Gasteiger partial charge in [-0.3, -0.25) is 4.79 Å². The lowest BCUT2D eigenvalue weighted by Crippen LogP contribution is -2.39. The zero-order chi connectivity index (χ0) is 38.8. The van der Waals surface area contributed by atoms with Crippen LogP contribution in [0.1, 0.15) is 58.3 Å². The van der Waals surface area contributed by atoms with Crippen molar-refractivity contribution in [2.45, 2.75) is 38.3 Å². The summed E-state index contributed by atoms with van der Waals surface area (Å²) in [6, 6.07) is 40.9. The van der Waals surface area contributed by atoms with Crippen LogP contribution in [0.5, 0.6) is 0 Å². The van der Waals surface area contributed by atoms with E-state index in [-0.39, 0.29) is 11.1 Å². The van der Waals surface area contributed by atoms with Gasteiger partial charge in [0.05, 0.1) is 19.1 Å². The molecule has 0 saturated heterocycles. The van der Waals surface area contributed by atoms with Gasteiger partial charge in [0, 0.05) is 41.7 Å². The van der Waals surface area contributed by atoms with Gasteiger partial charge < -0.3 is 13.9 Å². The van der Waals surface area contributed by atoms with Gasteiger partial charge in [-0.2, -0.15) is 0 Å². The largest absolute Gasteiger partial charge is 0.472 e. The molecule has 0 bridgehead atoms. The Morgan fingerprint density at radius 2 is 1.39 bits per heavy atom. The predicted octanol–water partition coefficient (Wildman–Crippen LogP) is 10.3. The van der Waals surface area contributed by atoms with E-state index in [1.807, 2.05) is 83.4 Å². The number of amides is 1. The number of carbonyl (C=O) groups is 1. The van der Waals surface area contributed by atoms with Gasteiger partial charge >= 0.3 is 0 Å². The van der Waals surface area contributed by atoms with E-state index in [9.17, 15) is 4.79 Å². The molecule has 9 nitrogen and oxygen atoms in total. The smallest absolute Gasteiger partial charge is 0.273 e. The Morgan fingerprint density at radius 3 is 1.98 bits per heavy atom. The van der Waals surface area contributed by atoms with Crippen LogP contribution in [0.4, 0.5) is 0 Å². The van der Waals surface area contributed by atoms with Crippen LogP contribution in [0.25, 0.3) is 33.6 Å². The summed E-state index contributed by atoms with van der Waals surface area (Å²) >= 11 is 10.7. The second-order valence-electron chi connectivity index (χ2n) is 13.9. The van der Waals surface area contributed by atoms with Crippen LogP contribution in [0.3, 0.4) is 0 Å². The molecule has 0 N–H and O–H groups in total. The Labute approximate surface area is 339 Å². The monoisotopic (exact) mass is 823 g/mol. The van der Waals surface area contributed by atoms with Gasteiger partial charge in [0.2, 0.25) is 5.82 Å². The molecule has 1 amide bonds. The maximum atomic E-state index is 13.6. The van der Waals surface area contributed by atoms with Gasteiger partial charge in [0.1, 0.15) is 11.5 Å². The minimum atomic E-state index is -0.933. The van der Waals surface area contributed by atoms with Crippen molar-refractivity contribution in [2.75, 3.05) is 14.1 Å². The maximum Gasteiger partial charge on any atom is 0.273 e. The molecule has 2 aliphatic rings. The molecule has 0 unspecified atom stereocenters. The van der Waals surface area contributed by atoms with E-state index in [0.29, 0.717) is 24.5 Å². The number of hydrogen-bond acceptors (Lipinski definition) is 6. The topological polar surface area (TPSA) is 94.9 Å². The number of rotatable bonds is 12. The number of halogens is 2. The summed E-state index contributed by atoms with van der Waals surface area (Å²) in [6.45, 7) is 2.47. The van der Waals surface area contributed by atoms with Crippen LogP contribution < -0.4 is 0 Å². The number of aryl methyl sites for hydroxylation is 1. The third-order valence-electron chi connectivity index (χ3n) is 10.3. The molecule has 3 heterocycles. The van der Waals surface area contributed by atoms with Gasteiger partial charge in [-0.05, 0) is 67.0 Å². The summed E-state index contributed by atoms with van der Waals surface area (Å²) < 4.78 is 8.53. The molecule has 4 aromatic carbocycles. The first kappa shape index (κ1) is 37.1. The molecule has 11 heteroatoms. The summed E-state index contributed by atoms with van der Waals surface area (Å²) in [7, 11) is 3.45. The van der Waals surface area contributed by atoms with Gasteiger partial charge in [-0.1, -0.05) is 140 Å². The van der Waals surface area contributed by atoms with Crippen LogP contribution in [0.2, 0.25) is 5.15 Å². The second kappa shape index (κ2) is 15.7. The number of tetrazole rings is 1. The zero-order valence-corrected chi connectivity index (χ0v) is 33.6. The number of imidazole rings is 1. The Bertz CT molecular complexity index is 2490. The highest BCUT2D eigenvalue weighted by Gasteiger charge is 2.41. The second-order valence-corrected chi connectivity index (χ2v) is 15.0. The fourth-order valence-electron chi connectivity index (χ4n) is 7.63. The Hall–Kier alpha value is -5.84. The first-order valence-corrected chi connectivity index (χ1v) is 19.7. The Morgan fingerprint density at radius 1 is 0.804 bits per heavy atom. The SMILES string of the molecule is CCCCc1nc(Cl)c(C(=O)N(C)C)n1Cc1c2ccocc-2c(Br)c1-c1ccccc1-c1nnn(C(c2ccccc2)(c2ccccc2)c2ccccc2)n1. The molecule has 0 atom stereocenters. The fraction of sp³-hybridized carbons (Fsp3) is 0.178. The van der Waals surface area contributed by atoms with Crippen molar-refractivity contribution in [3.63, 3.8) is 0 Å². The van der Waals surface area contributed by atoms with Crippen LogP contribution in [-0.2, 0) is 18.5 Å². The first-order valence-electron chi connectivity index (χ1n) is 18.5. The van der Waals surface area contributed by atoms with Crippen molar-refractivity contribution < 1.29 is 9.21 Å². The van der Waals surface area contributed by atoms with E-state index in [2.05, 4.69) is 65.3 Å². The number of benzene rings is 4. The fourth-order valence-corrected chi connectivity index (χ4v) is 8.67. The highest BCUT2D eigenvalue weighted by Crippen LogP contribution is 2.49. The Kier molecular flexibility index (Phi) is 10.4. The molecular weight excluding hydrogens is 786 g/mol. The lowest BCUT2D eigenvalue weighted by atomic mass is 9.77. The van der Waals surface area contributed by atoms with Crippen LogP contribution in [0, 0.1) is 0 Å². The molecule has 280 valence electrons. The first-order chi connectivity index (χ1) is 27.3. The molecule has 0 spiro atoms. The Balaban J connectivity index is 1.34. The summed E-state index contributed by atoms with van der Waals surface area (Å²) in [6.07, 6.45) is 5.96. The standard InChI is InChI=1S/C45H39BrClN7O2/c1-4-5-25-38-48-42(47)41(44(55)52(2)3)53(38)28-36-33-26-27-56-29-37(33)40(46)39(36)34-23-15-16-24-35(34)43-49-51-54(50-43)45(30-17-9-6-10-18-30,31-19-11-7-12-20-31)32-21-13-8-14-22-32/h6-24,26-27,29H,4-5,25,28H2,1-3H3. The molecule has 0 fully saturated rings. The molecule has 0 radical (unpaired) electrons. The number of hydrogen-bond donors (Lipinski definition) is 0. The predicted molar refractivity (Wildman–Crippen MR) is 223 cm³/mol. The molecule has 1 aliphatic carbocycles. The molecule has 0 saturated carbocycles. The molecule has 2 aromatic heterocycles. The number of carbonyl (C=O) groups excluding carboxylic acids is 1. The van der Waals surface area contributed by atoms with Gasteiger partial charge in [-0.15, -0.1) is 15.0 Å². The highest BCUT2D eigenvalue weighted by molar-refractivity contribution is 9.10. The molecular formula is C45H39BrClN7O2. The minimum Gasteiger partial charge on any atom is -0.472 e. The van der Waals surface area contributed by atoms with Crippen molar-refractivity contribution in [2.24, 2.45) is 0 Å². The van der Waals surface area contributed by atoms with Crippen LogP contribution in [0.15, 0.2) is 143 Å². The molecule has 56 heavy (non-hydrogen) atoms. The number of nitrogens with zero attached hydrogens (tertiary/aromatic N) is 7. The number of aromatic nitrogens is 6. The quantitative estimate of drug-likeness (QED) is 0.114. The van der Waals surface area contributed by atoms with Crippen LogP contribution >= 0.6 is 27.5 Å². The highest BCUT2D eigenvalue weighted by atomic mass is 79.9. The third-order valence-corrected chi connectivity index (χ3v) is 11.4. The van der Waals surface area contributed by atoms with Crippen LogP contribution in [-0.4, -0.2) is 54.7 Å². The van der Waals surface area contributed by atoms with Gasteiger partial charge in [0.25, 0.3) is 5.91 Å². The van der Waals surface area contributed by atoms with Crippen molar-refractivity contribution in [1.29, 1.82) is 0 Å².